The smallest absolute Gasteiger partial charge is 0.115 e. The first kappa shape index (κ1) is 18.4. The topological polar surface area (TPSA) is 40.5 Å². The number of phenolic OH excluding ortho intramolecular Hbond substituents is 2. The van der Waals surface area contributed by atoms with Crippen LogP contribution in [0.25, 0.3) is 0 Å². The first-order valence-corrected chi connectivity index (χ1v) is 10.3. The average Bonchev–Trinajstić information content (AvgIpc) is 2.92. The van der Waals surface area contributed by atoms with Crippen molar-refractivity contribution in [3.63, 3.8) is 0 Å². The predicted octanol–water partition coefficient (Wildman–Crippen LogP) is 6.16. The van der Waals surface area contributed by atoms with Crippen LogP contribution in [0, 0.1) is 5.41 Å². The quantitative estimate of drug-likeness (QED) is 0.669. The van der Waals surface area contributed by atoms with Crippen LogP contribution in [-0.2, 0) is 16.2 Å². The number of phenols is 2. The van der Waals surface area contributed by atoms with Crippen LogP contribution >= 0.6 is 0 Å². The molecule has 0 heterocycles. The molecule has 0 amide bonds. The van der Waals surface area contributed by atoms with E-state index in [0.717, 1.165) is 19.3 Å². The van der Waals surface area contributed by atoms with E-state index < -0.39 is 0 Å². The maximum atomic E-state index is 10.4. The second kappa shape index (κ2) is 5.31. The number of fused-ring (bicyclic) bond motifs is 4. The molecule has 1 unspecified atom stereocenters. The summed E-state index contributed by atoms with van der Waals surface area (Å²) < 4.78 is 0. The number of benzene rings is 2. The van der Waals surface area contributed by atoms with Crippen LogP contribution in [0.1, 0.15) is 83.1 Å². The van der Waals surface area contributed by atoms with Gasteiger partial charge in [-0.25, -0.2) is 0 Å². The third kappa shape index (κ3) is 1.92. The minimum atomic E-state index is -0.203. The Kier molecular flexibility index (Phi) is 3.62. The van der Waals surface area contributed by atoms with Gasteiger partial charge in [-0.15, -0.1) is 0 Å². The lowest BCUT2D eigenvalue weighted by Crippen LogP contribution is -2.50. The first-order chi connectivity index (χ1) is 12.6. The molecule has 2 nitrogen and oxygen atoms in total. The Morgan fingerprint density at radius 2 is 1.22 bits per heavy atom. The number of hydrogen-bond acceptors (Lipinski definition) is 2. The molecular formula is C25H32O2. The molecule has 4 rings (SSSR count). The van der Waals surface area contributed by atoms with Gasteiger partial charge in [0.25, 0.3) is 0 Å². The van der Waals surface area contributed by atoms with E-state index in [-0.39, 0.29) is 21.7 Å². The summed E-state index contributed by atoms with van der Waals surface area (Å²) >= 11 is 0. The van der Waals surface area contributed by atoms with Gasteiger partial charge in [-0.2, -0.15) is 0 Å². The summed E-state index contributed by atoms with van der Waals surface area (Å²) in [7, 11) is 0. The van der Waals surface area contributed by atoms with E-state index in [2.05, 4.69) is 53.7 Å². The fraction of sp³-hybridized carbons (Fsp3) is 0.520. The second-order valence-corrected chi connectivity index (χ2v) is 9.84. The highest BCUT2D eigenvalue weighted by molar-refractivity contribution is 5.64. The van der Waals surface area contributed by atoms with E-state index in [9.17, 15) is 10.2 Å². The maximum absolute atomic E-state index is 10.4. The molecule has 2 aromatic carbocycles. The lowest BCUT2D eigenvalue weighted by Gasteiger charge is -2.52. The molecule has 0 aromatic heterocycles. The summed E-state index contributed by atoms with van der Waals surface area (Å²) in [5.74, 6) is 0.664. The second-order valence-electron chi connectivity index (χ2n) is 9.84. The molecule has 2 aliphatic carbocycles. The highest BCUT2D eigenvalue weighted by atomic mass is 16.3. The molecule has 1 atom stereocenters. The van der Waals surface area contributed by atoms with Crippen molar-refractivity contribution >= 4 is 0 Å². The highest BCUT2D eigenvalue weighted by Crippen LogP contribution is 2.73. The van der Waals surface area contributed by atoms with Crippen LogP contribution in [-0.4, -0.2) is 10.2 Å². The van der Waals surface area contributed by atoms with Crippen molar-refractivity contribution in [3.8, 4) is 11.5 Å². The minimum Gasteiger partial charge on any atom is -0.508 e. The number of hydrogen-bond donors (Lipinski definition) is 2. The summed E-state index contributed by atoms with van der Waals surface area (Å²) in [6.45, 7) is 14.0. The third-order valence-electron chi connectivity index (χ3n) is 8.26. The molecule has 27 heavy (non-hydrogen) atoms. The van der Waals surface area contributed by atoms with E-state index in [1.54, 1.807) is 0 Å². The predicted molar refractivity (Wildman–Crippen MR) is 111 cm³/mol. The monoisotopic (exact) mass is 364 g/mol. The van der Waals surface area contributed by atoms with Crippen LogP contribution in [0.15, 0.2) is 36.4 Å². The van der Waals surface area contributed by atoms with Crippen LogP contribution in [0.4, 0.5) is 0 Å². The average molecular weight is 365 g/mol. The third-order valence-corrected chi connectivity index (χ3v) is 8.26. The molecule has 144 valence electrons. The standard InChI is InChI=1S/C25H32O2/c1-7-24(8-2)23(5,6)19-12-10-17(27)14-21(19)25(24)15-22(3,4)18-11-9-16(26)13-20(18)25/h9-14,26-27H,7-8,15H2,1-6H3. The molecule has 0 saturated heterocycles. The molecule has 0 fully saturated rings. The van der Waals surface area contributed by atoms with Gasteiger partial charge in [0.1, 0.15) is 11.5 Å². The van der Waals surface area contributed by atoms with Gasteiger partial charge in [-0.3, -0.25) is 0 Å². The summed E-state index contributed by atoms with van der Waals surface area (Å²) in [4.78, 5) is 0. The Balaban J connectivity index is 2.20. The maximum Gasteiger partial charge on any atom is 0.115 e. The fourth-order valence-corrected chi connectivity index (χ4v) is 7.21. The van der Waals surface area contributed by atoms with E-state index in [4.69, 9.17) is 0 Å². The van der Waals surface area contributed by atoms with Gasteiger partial charge < -0.3 is 10.2 Å². The van der Waals surface area contributed by atoms with Crippen LogP contribution < -0.4 is 0 Å². The highest BCUT2D eigenvalue weighted by Gasteiger charge is 2.68. The van der Waals surface area contributed by atoms with Gasteiger partial charge in [-0.1, -0.05) is 53.7 Å². The van der Waals surface area contributed by atoms with Gasteiger partial charge >= 0.3 is 0 Å². The molecule has 2 heteroatoms. The largest absolute Gasteiger partial charge is 0.508 e. The number of rotatable bonds is 2. The van der Waals surface area contributed by atoms with Gasteiger partial charge in [0.05, 0.1) is 0 Å². The Morgan fingerprint density at radius 1 is 0.741 bits per heavy atom. The zero-order valence-corrected chi connectivity index (χ0v) is 17.5. The van der Waals surface area contributed by atoms with E-state index in [1.165, 1.54) is 22.3 Å². The molecular weight excluding hydrogens is 332 g/mol. The Morgan fingerprint density at radius 3 is 1.74 bits per heavy atom. The molecule has 2 N–H and O–H groups in total. The summed E-state index contributed by atoms with van der Waals surface area (Å²) in [5, 5.41) is 20.8. The Bertz CT molecular complexity index is 902. The lowest BCUT2D eigenvalue weighted by molar-refractivity contribution is 0.0598. The van der Waals surface area contributed by atoms with Gasteiger partial charge in [0.15, 0.2) is 0 Å². The lowest BCUT2D eigenvalue weighted by atomic mass is 9.50. The molecule has 2 aliphatic rings. The molecule has 0 aliphatic heterocycles. The summed E-state index contributed by atoms with van der Waals surface area (Å²) in [6, 6.07) is 11.9. The van der Waals surface area contributed by atoms with Crippen LogP contribution in [0.2, 0.25) is 0 Å². The van der Waals surface area contributed by atoms with Crippen molar-refractivity contribution in [2.75, 3.05) is 0 Å². The van der Waals surface area contributed by atoms with Crippen molar-refractivity contribution in [2.45, 2.75) is 77.0 Å². The Labute approximate surface area is 163 Å². The SMILES string of the molecule is CCC1(CC)C(C)(C)c2ccc(O)cc2C12CC(C)(C)c1ccc(O)cc12. The van der Waals surface area contributed by atoms with Crippen molar-refractivity contribution in [2.24, 2.45) is 5.41 Å². The molecule has 1 spiro atoms. The van der Waals surface area contributed by atoms with Crippen LogP contribution in [0.3, 0.4) is 0 Å². The summed E-state index contributed by atoms with van der Waals surface area (Å²) in [6.07, 6.45) is 3.11. The van der Waals surface area contributed by atoms with Gasteiger partial charge in [-0.05, 0) is 82.0 Å². The molecule has 0 bridgehead atoms. The van der Waals surface area contributed by atoms with Gasteiger partial charge in [0, 0.05) is 5.41 Å². The van der Waals surface area contributed by atoms with E-state index in [1.807, 2.05) is 24.3 Å². The Hall–Kier alpha value is -1.96. The molecule has 0 radical (unpaired) electrons. The normalized spacial score (nSPS) is 26.1. The minimum absolute atomic E-state index is 0.0156. The summed E-state index contributed by atoms with van der Waals surface area (Å²) in [5.41, 5.74) is 5.00. The van der Waals surface area contributed by atoms with Crippen LogP contribution in [0.5, 0.6) is 11.5 Å². The molecule has 0 saturated carbocycles. The fourth-order valence-electron chi connectivity index (χ4n) is 7.21. The van der Waals surface area contributed by atoms with E-state index >= 15 is 0 Å². The van der Waals surface area contributed by atoms with Crippen molar-refractivity contribution in [1.82, 2.24) is 0 Å². The molecule has 2 aromatic rings. The van der Waals surface area contributed by atoms with Crippen molar-refractivity contribution in [3.05, 3.63) is 58.7 Å². The van der Waals surface area contributed by atoms with Crippen molar-refractivity contribution < 1.29 is 10.2 Å². The zero-order valence-electron chi connectivity index (χ0n) is 17.5. The first-order valence-electron chi connectivity index (χ1n) is 10.3. The zero-order chi connectivity index (χ0) is 19.8. The number of aromatic hydroxyl groups is 2. The van der Waals surface area contributed by atoms with Gasteiger partial charge in [0.2, 0.25) is 0 Å². The van der Waals surface area contributed by atoms with E-state index in [0.29, 0.717) is 11.5 Å². The van der Waals surface area contributed by atoms with Crippen molar-refractivity contribution in [1.29, 1.82) is 0 Å².